The van der Waals surface area contributed by atoms with Gasteiger partial charge in [0.2, 0.25) is 0 Å². The minimum Gasteiger partial charge on any atom is -0.388 e. The summed E-state index contributed by atoms with van der Waals surface area (Å²) in [7, 11) is 0. The second-order valence-corrected chi connectivity index (χ2v) is 5.19. The van der Waals surface area contributed by atoms with E-state index in [1.165, 1.54) is 6.92 Å². The third-order valence-electron chi connectivity index (χ3n) is 3.47. The van der Waals surface area contributed by atoms with Gasteiger partial charge in [0, 0.05) is 0 Å². The van der Waals surface area contributed by atoms with Gasteiger partial charge in [-0.2, -0.15) is 0 Å². The summed E-state index contributed by atoms with van der Waals surface area (Å²) in [4.78, 5) is 10.3. The molecule has 0 unspecified atom stereocenters. The predicted octanol–water partition coefficient (Wildman–Crippen LogP) is -4.53. The molecule has 0 aromatic rings. The number of aliphatic hydroxyl groups excluding tert-OH is 7. The van der Waals surface area contributed by atoms with E-state index in [0.717, 1.165) is 0 Å². The summed E-state index contributed by atoms with van der Waals surface area (Å²) in [5.41, 5.74) is 0. The number of rotatable bonds is 7. The molecule has 0 aliphatic carbocycles. The van der Waals surface area contributed by atoms with E-state index in [-0.39, 0.29) is 6.29 Å². The maximum atomic E-state index is 10.3. The summed E-state index contributed by atoms with van der Waals surface area (Å²) in [5.74, 6) is 0. The van der Waals surface area contributed by atoms with E-state index >= 15 is 0 Å². The van der Waals surface area contributed by atoms with E-state index in [1.54, 1.807) is 0 Å². The Balaban J connectivity index is 2.52. The molecule has 1 fully saturated rings. The van der Waals surface area contributed by atoms with Gasteiger partial charge in [-0.15, -0.1) is 0 Å². The molecule has 1 heterocycles. The maximum absolute atomic E-state index is 10.3. The van der Waals surface area contributed by atoms with Crippen LogP contribution in [0.3, 0.4) is 0 Å². The molecular weight excluding hydrogens is 304 g/mol. The lowest BCUT2D eigenvalue weighted by Crippen LogP contribution is -2.58. The molecule has 9 atom stereocenters. The Hall–Kier alpha value is -0.690. The zero-order valence-corrected chi connectivity index (χ0v) is 11.8. The summed E-state index contributed by atoms with van der Waals surface area (Å²) in [6.07, 6.45) is -14.0. The number of ether oxygens (including phenoxy) is 2. The van der Waals surface area contributed by atoms with Crippen LogP contribution in [-0.4, -0.2) is 104 Å². The van der Waals surface area contributed by atoms with Gasteiger partial charge in [0.15, 0.2) is 12.6 Å². The van der Waals surface area contributed by atoms with Crippen molar-refractivity contribution in [3.8, 4) is 0 Å². The Morgan fingerprint density at radius 3 is 2.18 bits per heavy atom. The second kappa shape index (κ2) is 8.24. The van der Waals surface area contributed by atoms with Gasteiger partial charge < -0.3 is 50.0 Å². The van der Waals surface area contributed by atoms with E-state index in [9.17, 15) is 35.4 Å². The molecule has 1 saturated heterocycles. The molecular formula is C12H22O10. The smallest absolute Gasteiger partial charge is 0.186 e. The third kappa shape index (κ3) is 4.41. The molecule has 130 valence electrons. The third-order valence-corrected chi connectivity index (χ3v) is 3.47. The predicted molar refractivity (Wildman–Crippen MR) is 68.4 cm³/mol. The average molecular weight is 326 g/mol. The average Bonchev–Trinajstić information content (AvgIpc) is 2.52. The van der Waals surface area contributed by atoms with Gasteiger partial charge in [-0.3, -0.25) is 0 Å². The summed E-state index contributed by atoms with van der Waals surface area (Å²) in [5, 5.41) is 66.3. The van der Waals surface area contributed by atoms with Gasteiger partial charge in [0.25, 0.3) is 0 Å². The number of hydrogen-bond donors (Lipinski definition) is 7. The first-order chi connectivity index (χ1) is 10.2. The van der Waals surface area contributed by atoms with Crippen LogP contribution in [-0.2, 0) is 14.3 Å². The molecule has 22 heavy (non-hydrogen) atoms. The van der Waals surface area contributed by atoms with Crippen molar-refractivity contribution in [2.45, 2.75) is 62.0 Å². The zero-order valence-electron chi connectivity index (χ0n) is 11.8. The highest BCUT2D eigenvalue weighted by atomic mass is 16.7. The van der Waals surface area contributed by atoms with Crippen LogP contribution in [0.5, 0.6) is 0 Å². The molecule has 0 saturated carbocycles. The molecule has 0 aromatic carbocycles. The Labute approximate surface area is 126 Å². The number of carbonyl (C=O) groups is 1. The fourth-order valence-electron chi connectivity index (χ4n) is 1.95. The van der Waals surface area contributed by atoms with Gasteiger partial charge in [-0.1, -0.05) is 0 Å². The molecule has 10 heteroatoms. The summed E-state index contributed by atoms with van der Waals surface area (Å²) >= 11 is 0. The SMILES string of the molecule is C[C@@H]1O[C@H](OC[C@@H](O)[C@@H](O)[C@H](O)[C@@H](O)C=O)[C@H](O)[C@H](O)[C@H]1O. The summed E-state index contributed by atoms with van der Waals surface area (Å²) in [6.45, 7) is 0.812. The number of aliphatic hydroxyl groups is 7. The summed E-state index contributed by atoms with van der Waals surface area (Å²) < 4.78 is 10.1. The zero-order chi connectivity index (χ0) is 17.0. The Kier molecular flexibility index (Phi) is 7.25. The van der Waals surface area contributed by atoms with Crippen molar-refractivity contribution in [1.82, 2.24) is 0 Å². The lowest BCUT2D eigenvalue weighted by atomic mass is 10.00. The van der Waals surface area contributed by atoms with Gasteiger partial charge in [0.1, 0.15) is 42.7 Å². The summed E-state index contributed by atoms with van der Waals surface area (Å²) in [6, 6.07) is 0. The first-order valence-corrected chi connectivity index (χ1v) is 6.69. The van der Waals surface area contributed by atoms with Crippen molar-refractivity contribution >= 4 is 6.29 Å². The Morgan fingerprint density at radius 1 is 1.05 bits per heavy atom. The molecule has 0 amide bonds. The number of aldehydes is 1. The minimum atomic E-state index is -1.92. The standard InChI is InChI=1S/C12H22O10/c1-4-7(16)10(19)11(20)12(22-4)21-3-6(15)9(18)8(17)5(14)2-13/h2,4-12,14-20H,3H2,1H3/t4-,5-,6+,7-,8+,9+,10+,11+,12-/m0/s1. The molecule has 0 spiro atoms. The Bertz CT molecular complexity index is 353. The molecule has 1 aliphatic rings. The van der Waals surface area contributed by atoms with Gasteiger partial charge in [0.05, 0.1) is 12.7 Å². The number of carbonyl (C=O) groups excluding carboxylic acids is 1. The van der Waals surface area contributed by atoms with Gasteiger partial charge >= 0.3 is 0 Å². The fourth-order valence-corrected chi connectivity index (χ4v) is 1.95. The van der Waals surface area contributed by atoms with E-state index in [1.807, 2.05) is 0 Å². The van der Waals surface area contributed by atoms with E-state index in [2.05, 4.69) is 0 Å². The van der Waals surface area contributed by atoms with Crippen molar-refractivity contribution in [2.75, 3.05) is 6.61 Å². The van der Waals surface area contributed by atoms with E-state index < -0.39 is 61.7 Å². The van der Waals surface area contributed by atoms with E-state index in [0.29, 0.717) is 0 Å². The van der Waals surface area contributed by atoms with Crippen molar-refractivity contribution in [3.05, 3.63) is 0 Å². The molecule has 7 N–H and O–H groups in total. The first-order valence-electron chi connectivity index (χ1n) is 6.69. The van der Waals surface area contributed by atoms with Gasteiger partial charge in [-0.05, 0) is 6.92 Å². The van der Waals surface area contributed by atoms with Crippen LogP contribution in [0.15, 0.2) is 0 Å². The fraction of sp³-hybridized carbons (Fsp3) is 0.917. The van der Waals surface area contributed by atoms with Crippen molar-refractivity contribution in [3.63, 3.8) is 0 Å². The molecule has 0 radical (unpaired) electrons. The molecule has 1 aliphatic heterocycles. The van der Waals surface area contributed by atoms with Gasteiger partial charge in [-0.25, -0.2) is 0 Å². The van der Waals surface area contributed by atoms with Crippen LogP contribution in [0.4, 0.5) is 0 Å². The number of hydrogen-bond acceptors (Lipinski definition) is 10. The highest BCUT2D eigenvalue weighted by Crippen LogP contribution is 2.22. The highest BCUT2D eigenvalue weighted by molar-refractivity contribution is 5.56. The van der Waals surface area contributed by atoms with Crippen molar-refractivity contribution < 1.29 is 50.0 Å². The minimum absolute atomic E-state index is 0.00507. The van der Waals surface area contributed by atoms with Crippen LogP contribution >= 0.6 is 0 Å². The van der Waals surface area contributed by atoms with Crippen LogP contribution in [0, 0.1) is 0 Å². The van der Waals surface area contributed by atoms with E-state index in [4.69, 9.17) is 14.6 Å². The largest absolute Gasteiger partial charge is 0.388 e. The van der Waals surface area contributed by atoms with Crippen LogP contribution in [0.2, 0.25) is 0 Å². The lowest BCUT2D eigenvalue weighted by molar-refractivity contribution is -0.299. The van der Waals surface area contributed by atoms with Crippen LogP contribution in [0.25, 0.3) is 0 Å². The van der Waals surface area contributed by atoms with Crippen molar-refractivity contribution in [2.24, 2.45) is 0 Å². The van der Waals surface area contributed by atoms with Crippen molar-refractivity contribution in [1.29, 1.82) is 0 Å². The topological polar surface area (TPSA) is 177 Å². The normalized spacial score (nSPS) is 38.1. The first kappa shape index (κ1) is 19.4. The molecule has 10 nitrogen and oxygen atoms in total. The van der Waals surface area contributed by atoms with Crippen LogP contribution < -0.4 is 0 Å². The quantitative estimate of drug-likeness (QED) is 0.225. The molecule has 0 aromatic heterocycles. The van der Waals surface area contributed by atoms with Crippen LogP contribution in [0.1, 0.15) is 6.92 Å². The Morgan fingerprint density at radius 2 is 1.64 bits per heavy atom. The second-order valence-electron chi connectivity index (χ2n) is 5.19. The molecule has 0 bridgehead atoms. The highest BCUT2D eigenvalue weighted by Gasteiger charge is 2.43. The lowest BCUT2D eigenvalue weighted by Gasteiger charge is -2.39. The monoisotopic (exact) mass is 326 g/mol. The maximum Gasteiger partial charge on any atom is 0.186 e. The molecule has 1 rings (SSSR count).